The number of methoxy groups -OCH3 is 3. The molecule has 0 aliphatic rings. The van der Waals surface area contributed by atoms with Crippen molar-refractivity contribution in [2.45, 2.75) is 4.90 Å². The topological polar surface area (TPSA) is 137 Å². The third kappa shape index (κ3) is 4.78. The van der Waals surface area contributed by atoms with E-state index < -0.39 is 15.9 Å². The maximum Gasteiger partial charge on any atom is 0.281 e. The number of nitrogens with one attached hydrogen (secondary N) is 2. The van der Waals surface area contributed by atoms with Crippen molar-refractivity contribution in [3.63, 3.8) is 0 Å². The molecule has 0 spiro atoms. The number of ether oxygens (including phenoxy) is 3. The zero-order chi connectivity index (χ0) is 26.7. The Balaban J connectivity index is 1.78. The van der Waals surface area contributed by atoms with Crippen LogP contribution >= 0.6 is 0 Å². The van der Waals surface area contributed by atoms with Crippen LogP contribution in [0.5, 0.6) is 17.2 Å². The molecule has 192 valence electrons. The van der Waals surface area contributed by atoms with Crippen LogP contribution in [0.15, 0.2) is 70.7 Å². The molecule has 4 aromatic rings. The fourth-order valence-corrected chi connectivity index (χ4v) is 4.97. The molecular formula is C25H24N4O7S. The highest BCUT2D eigenvalue weighted by Gasteiger charge is 2.24. The summed E-state index contributed by atoms with van der Waals surface area (Å²) in [5.74, 6) is 0.398. The molecule has 3 aromatic carbocycles. The van der Waals surface area contributed by atoms with Crippen LogP contribution in [0.25, 0.3) is 10.9 Å². The highest BCUT2D eigenvalue weighted by atomic mass is 32.2. The lowest BCUT2D eigenvalue weighted by Crippen LogP contribution is -2.31. The molecule has 1 heterocycles. The van der Waals surface area contributed by atoms with Crippen LogP contribution in [0.3, 0.4) is 0 Å². The van der Waals surface area contributed by atoms with Crippen LogP contribution in [-0.2, 0) is 17.1 Å². The SMILES string of the molecule is COc1cc(Nc2ccc(N=O)c3c2cc(C(=O)NS(=O)(=O)c2ccccc2)n3C)cc(OC)c1OC. The van der Waals surface area contributed by atoms with Crippen molar-refractivity contribution in [1.29, 1.82) is 0 Å². The summed E-state index contributed by atoms with van der Waals surface area (Å²) in [6, 6.07) is 15.5. The normalized spacial score (nSPS) is 11.1. The number of hydrogen-bond acceptors (Lipinski definition) is 9. The number of sulfonamides is 1. The van der Waals surface area contributed by atoms with Gasteiger partial charge in [-0.3, -0.25) is 4.79 Å². The molecule has 37 heavy (non-hydrogen) atoms. The maximum absolute atomic E-state index is 13.0. The van der Waals surface area contributed by atoms with Crippen molar-refractivity contribution in [2.24, 2.45) is 12.2 Å². The maximum atomic E-state index is 13.0. The number of aryl methyl sites for hydroxylation is 1. The first-order valence-electron chi connectivity index (χ1n) is 10.9. The second-order valence-corrected chi connectivity index (χ2v) is 9.54. The van der Waals surface area contributed by atoms with E-state index in [1.165, 1.54) is 50.2 Å². The molecule has 2 N–H and O–H groups in total. The van der Waals surface area contributed by atoms with Gasteiger partial charge in [-0.25, -0.2) is 13.1 Å². The molecule has 0 atom stereocenters. The summed E-state index contributed by atoms with van der Waals surface area (Å²) in [5.41, 5.74) is 1.53. The van der Waals surface area contributed by atoms with E-state index in [4.69, 9.17) is 14.2 Å². The van der Waals surface area contributed by atoms with Crippen LogP contribution in [0.1, 0.15) is 10.5 Å². The van der Waals surface area contributed by atoms with E-state index in [-0.39, 0.29) is 16.3 Å². The Labute approximate surface area is 213 Å². The summed E-state index contributed by atoms with van der Waals surface area (Å²) in [7, 11) is 1.92. The lowest BCUT2D eigenvalue weighted by molar-refractivity contribution is 0.0974. The van der Waals surface area contributed by atoms with Gasteiger partial charge in [0.2, 0.25) is 5.75 Å². The second-order valence-electron chi connectivity index (χ2n) is 7.86. The highest BCUT2D eigenvalue weighted by molar-refractivity contribution is 7.90. The van der Waals surface area contributed by atoms with Crippen molar-refractivity contribution in [2.75, 3.05) is 26.6 Å². The van der Waals surface area contributed by atoms with Gasteiger partial charge in [0, 0.05) is 35.9 Å². The van der Waals surface area contributed by atoms with Crippen molar-refractivity contribution in [3.05, 3.63) is 71.3 Å². The van der Waals surface area contributed by atoms with E-state index >= 15 is 0 Å². The number of aromatic nitrogens is 1. The van der Waals surface area contributed by atoms with Gasteiger partial charge < -0.3 is 24.1 Å². The molecule has 0 radical (unpaired) electrons. The van der Waals surface area contributed by atoms with Crippen LogP contribution in [0.2, 0.25) is 0 Å². The summed E-state index contributed by atoms with van der Waals surface area (Å²) >= 11 is 0. The highest BCUT2D eigenvalue weighted by Crippen LogP contribution is 2.42. The first-order chi connectivity index (χ1) is 17.7. The summed E-state index contributed by atoms with van der Waals surface area (Å²) in [5, 5.41) is 6.77. The van der Waals surface area contributed by atoms with Crippen molar-refractivity contribution in [3.8, 4) is 17.2 Å². The molecule has 0 fully saturated rings. The van der Waals surface area contributed by atoms with E-state index in [9.17, 15) is 18.1 Å². The number of nitrogens with zero attached hydrogens (tertiary/aromatic N) is 2. The van der Waals surface area contributed by atoms with Crippen LogP contribution in [-0.4, -0.2) is 40.2 Å². The molecule has 11 nitrogen and oxygen atoms in total. The quantitative estimate of drug-likeness (QED) is 0.306. The number of rotatable bonds is 9. The summed E-state index contributed by atoms with van der Waals surface area (Å²) in [6.45, 7) is 0. The third-order valence-corrected chi connectivity index (χ3v) is 7.08. The Morgan fingerprint density at radius 2 is 1.57 bits per heavy atom. The summed E-state index contributed by atoms with van der Waals surface area (Å²) in [4.78, 5) is 24.5. The average molecular weight is 525 g/mol. The van der Waals surface area contributed by atoms with Crippen LogP contribution in [0, 0.1) is 4.91 Å². The number of benzene rings is 3. The molecule has 0 unspecified atom stereocenters. The second kappa shape index (κ2) is 10.2. The van der Waals surface area contributed by atoms with Gasteiger partial charge in [-0.1, -0.05) is 18.2 Å². The Hall–Kier alpha value is -4.58. The van der Waals surface area contributed by atoms with Crippen LogP contribution < -0.4 is 24.2 Å². The Bertz CT molecular complexity index is 1570. The number of carbonyl (C=O) groups is 1. The number of hydrogen-bond donors (Lipinski definition) is 2. The molecule has 1 aromatic heterocycles. The minimum Gasteiger partial charge on any atom is -0.493 e. The molecule has 0 aliphatic heterocycles. The number of carbonyl (C=O) groups excluding carboxylic acids is 1. The third-order valence-electron chi connectivity index (χ3n) is 5.73. The Kier molecular flexibility index (Phi) is 7.02. The minimum absolute atomic E-state index is 0.0125. The van der Waals surface area contributed by atoms with Gasteiger partial charge in [-0.15, -0.1) is 4.91 Å². The molecule has 4 rings (SSSR count). The molecule has 0 aliphatic carbocycles. The molecule has 12 heteroatoms. The Morgan fingerprint density at radius 1 is 0.919 bits per heavy atom. The number of anilines is 2. The van der Waals surface area contributed by atoms with Gasteiger partial charge in [0.15, 0.2) is 11.5 Å². The van der Waals surface area contributed by atoms with Crippen LogP contribution in [0.4, 0.5) is 17.1 Å². The number of fused-ring (bicyclic) bond motifs is 1. The monoisotopic (exact) mass is 524 g/mol. The molecule has 0 saturated heterocycles. The van der Waals surface area contributed by atoms with Crippen molar-refractivity contribution >= 4 is 43.9 Å². The largest absolute Gasteiger partial charge is 0.493 e. The van der Waals surface area contributed by atoms with E-state index in [1.54, 1.807) is 43.4 Å². The standard InChI is InChI=1S/C25H24N4O7S/c1-29-20(25(30)28-37(32,33)16-8-6-5-7-9-16)14-17-18(10-11-19(27-31)23(17)29)26-15-12-21(34-2)24(36-4)22(13-15)35-3/h5-14,26H,1-4H3,(H,28,30). The zero-order valence-electron chi connectivity index (χ0n) is 20.4. The molecule has 0 bridgehead atoms. The van der Waals surface area contributed by atoms with E-state index in [2.05, 4.69) is 15.2 Å². The van der Waals surface area contributed by atoms with Crippen molar-refractivity contribution < 1.29 is 27.4 Å². The van der Waals surface area contributed by atoms with E-state index in [1.807, 2.05) is 0 Å². The van der Waals surface area contributed by atoms with Gasteiger partial charge >= 0.3 is 0 Å². The number of amides is 1. The van der Waals surface area contributed by atoms with Gasteiger partial charge in [0.05, 0.1) is 31.7 Å². The number of nitroso groups, excluding NO2 is 1. The van der Waals surface area contributed by atoms with Gasteiger partial charge in [0.25, 0.3) is 15.9 Å². The first kappa shape index (κ1) is 25.5. The van der Waals surface area contributed by atoms with Gasteiger partial charge in [-0.2, -0.15) is 0 Å². The summed E-state index contributed by atoms with van der Waals surface area (Å²) in [6.07, 6.45) is 0. The van der Waals surface area contributed by atoms with E-state index in [0.717, 1.165) is 0 Å². The van der Waals surface area contributed by atoms with E-state index in [0.29, 0.717) is 39.5 Å². The van der Waals surface area contributed by atoms with Crippen molar-refractivity contribution in [1.82, 2.24) is 9.29 Å². The fourth-order valence-electron chi connectivity index (χ4n) is 3.99. The molecular weight excluding hydrogens is 500 g/mol. The summed E-state index contributed by atoms with van der Waals surface area (Å²) < 4.78 is 45.0. The average Bonchev–Trinajstić information content (AvgIpc) is 3.26. The van der Waals surface area contributed by atoms with Gasteiger partial charge in [0.1, 0.15) is 11.4 Å². The minimum atomic E-state index is -4.11. The smallest absolute Gasteiger partial charge is 0.281 e. The Morgan fingerprint density at radius 3 is 2.14 bits per heavy atom. The zero-order valence-corrected chi connectivity index (χ0v) is 21.3. The predicted molar refractivity (Wildman–Crippen MR) is 139 cm³/mol. The molecule has 1 amide bonds. The fraction of sp³-hybridized carbons (Fsp3) is 0.160. The lowest BCUT2D eigenvalue weighted by Gasteiger charge is -2.15. The lowest BCUT2D eigenvalue weighted by atomic mass is 10.1. The van der Waals surface area contributed by atoms with Gasteiger partial charge in [-0.05, 0) is 35.5 Å². The predicted octanol–water partition coefficient (Wildman–Crippen LogP) is 4.46. The molecule has 0 saturated carbocycles. The first-order valence-corrected chi connectivity index (χ1v) is 12.4.